The van der Waals surface area contributed by atoms with Crippen molar-refractivity contribution in [3.05, 3.63) is 59.9 Å². The zero-order valence-corrected chi connectivity index (χ0v) is 12.8. The summed E-state index contributed by atoms with van der Waals surface area (Å²) in [4.78, 5) is 6.56. The summed E-state index contributed by atoms with van der Waals surface area (Å²) < 4.78 is 5.79. The van der Waals surface area contributed by atoms with E-state index in [0.717, 1.165) is 24.4 Å². The fourth-order valence-electron chi connectivity index (χ4n) is 1.99. The maximum atomic E-state index is 5.79. The van der Waals surface area contributed by atoms with Crippen molar-refractivity contribution >= 4 is 17.2 Å². The quantitative estimate of drug-likeness (QED) is 0.795. The van der Waals surface area contributed by atoms with Crippen molar-refractivity contribution in [2.45, 2.75) is 6.54 Å². The van der Waals surface area contributed by atoms with Gasteiger partial charge in [-0.25, -0.2) is 0 Å². The van der Waals surface area contributed by atoms with Crippen molar-refractivity contribution in [3.63, 3.8) is 0 Å². The normalized spacial score (nSPS) is 10.6. The van der Waals surface area contributed by atoms with Crippen molar-refractivity contribution < 1.29 is 4.74 Å². The fourth-order valence-corrected chi connectivity index (χ4v) is 2.16. The highest BCUT2D eigenvalue weighted by atomic mass is 32.1. The third kappa shape index (κ3) is 4.81. The molecule has 5 heteroatoms. The van der Waals surface area contributed by atoms with Gasteiger partial charge in [-0.15, -0.1) is 0 Å². The van der Waals surface area contributed by atoms with E-state index in [2.05, 4.69) is 16.9 Å². The Morgan fingerprint density at radius 3 is 2.67 bits per heavy atom. The van der Waals surface area contributed by atoms with Crippen LogP contribution in [0.4, 0.5) is 0 Å². The number of benzene rings is 1. The first kappa shape index (κ1) is 15.4. The second-order valence-electron chi connectivity index (χ2n) is 4.80. The number of para-hydroxylation sites is 1. The minimum Gasteiger partial charge on any atom is -0.492 e. The van der Waals surface area contributed by atoms with E-state index in [1.54, 1.807) is 12.4 Å². The van der Waals surface area contributed by atoms with Crippen LogP contribution in [0.1, 0.15) is 11.1 Å². The van der Waals surface area contributed by atoms with Crippen LogP contribution in [0.25, 0.3) is 0 Å². The van der Waals surface area contributed by atoms with Crippen molar-refractivity contribution in [2.75, 3.05) is 20.2 Å². The number of rotatable bonds is 7. The average molecular weight is 301 g/mol. The number of ether oxygens (including phenoxy) is 1. The van der Waals surface area contributed by atoms with Crippen LogP contribution in [0, 0.1) is 0 Å². The number of pyridine rings is 1. The molecular formula is C16H19N3OS. The van der Waals surface area contributed by atoms with Gasteiger partial charge in [0.2, 0.25) is 0 Å². The van der Waals surface area contributed by atoms with Crippen LogP contribution in [0.15, 0.2) is 48.8 Å². The molecule has 0 aliphatic heterocycles. The molecule has 110 valence electrons. The van der Waals surface area contributed by atoms with Gasteiger partial charge in [-0.05, 0) is 36.9 Å². The Morgan fingerprint density at radius 2 is 1.95 bits per heavy atom. The van der Waals surface area contributed by atoms with Gasteiger partial charge in [-0.3, -0.25) is 9.88 Å². The molecule has 1 aromatic carbocycles. The molecule has 0 bridgehead atoms. The molecule has 4 nitrogen and oxygen atoms in total. The Bertz CT molecular complexity index is 589. The van der Waals surface area contributed by atoms with Crippen LogP contribution >= 0.6 is 12.2 Å². The van der Waals surface area contributed by atoms with E-state index in [0.29, 0.717) is 11.6 Å². The number of nitrogens with zero attached hydrogens (tertiary/aromatic N) is 2. The molecule has 0 radical (unpaired) electrons. The lowest BCUT2D eigenvalue weighted by Gasteiger charge is -2.17. The van der Waals surface area contributed by atoms with Gasteiger partial charge in [-0.1, -0.05) is 24.4 Å². The smallest absolute Gasteiger partial charge is 0.129 e. The highest BCUT2D eigenvalue weighted by Gasteiger charge is 2.06. The van der Waals surface area contributed by atoms with Gasteiger partial charge in [0.05, 0.1) is 5.56 Å². The van der Waals surface area contributed by atoms with Gasteiger partial charge in [-0.2, -0.15) is 0 Å². The van der Waals surface area contributed by atoms with Crippen LogP contribution < -0.4 is 10.5 Å². The monoisotopic (exact) mass is 301 g/mol. The molecule has 2 N–H and O–H groups in total. The SMILES string of the molecule is CN(CCOc1ccccc1C(N)=S)Cc1ccncc1. The summed E-state index contributed by atoms with van der Waals surface area (Å²) in [6.07, 6.45) is 3.61. The standard InChI is InChI=1S/C16H19N3OS/c1-19(12-13-6-8-18-9-7-13)10-11-20-15-5-3-2-4-14(15)16(17)21/h2-9H,10-12H2,1H3,(H2,17,21). The molecule has 0 aliphatic rings. The number of nitrogens with two attached hydrogens (primary N) is 1. The third-order valence-corrected chi connectivity index (χ3v) is 3.30. The van der Waals surface area contributed by atoms with E-state index in [1.807, 2.05) is 36.4 Å². The van der Waals surface area contributed by atoms with Gasteiger partial charge in [0.25, 0.3) is 0 Å². The lowest BCUT2D eigenvalue weighted by atomic mass is 10.2. The van der Waals surface area contributed by atoms with Crippen molar-refractivity contribution in [2.24, 2.45) is 5.73 Å². The first-order valence-electron chi connectivity index (χ1n) is 6.76. The topological polar surface area (TPSA) is 51.4 Å². The molecule has 2 rings (SSSR count). The lowest BCUT2D eigenvalue weighted by Crippen LogP contribution is -2.24. The lowest BCUT2D eigenvalue weighted by molar-refractivity contribution is 0.232. The molecule has 1 heterocycles. The predicted octanol–water partition coefficient (Wildman–Crippen LogP) is 2.23. The molecule has 1 aromatic heterocycles. The van der Waals surface area contributed by atoms with Gasteiger partial charge in [0, 0.05) is 25.5 Å². The second-order valence-corrected chi connectivity index (χ2v) is 5.24. The van der Waals surface area contributed by atoms with Crippen LogP contribution in [0.3, 0.4) is 0 Å². The van der Waals surface area contributed by atoms with E-state index >= 15 is 0 Å². The summed E-state index contributed by atoms with van der Waals surface area (Å²) in [7, 11) is 2.06. The minimum atomic E-state index is 0.357. The summed E-state index contributed by atoms with van der Waals surface area (Å²) in [5.41, 5.74) is 7.70. The molecule has 0 saturated heterocycles. The van der Waals surface area contributed by atoms with E-state index in [9.17, 15) is 0 Å². The number of likely N-dealkylation sites (N-methyl/N-ethyl adjacent to an activating group) is 1. The summed E-state index contributed by atoms with van der Waals surface area (Å²) in [6, 6.07) is 11.6. The molecule has 21 heavy (non-hydrogen) atoms. The predicted molar refractivity (Wildman–Crippen MR) is 88.4 cm³/mol. The third-order valence-electron chi connectivity index (χ3n) is 3.08. The van der Waals surface area contributed by atoms with E-state index in [1.165, 1.54) is 5.56 Å². The summed E-state index contributed by atoms with van der Waals surface area (Å²) >= 11 is 5.02. The number of thiocarbonyl (C=S) groups is 1. The Kier molecular flexibility index (Phi) is 5.66. The number of hydrogen-bond donors (Lipinski definition) is 1. The van der Waals surface area contributed by atoms with Gasteiger partial charge in [0.1, 0.15) is 17.3 Å². The molecule has 0 aliphatic carbocycles. The van der Waals surface area contributed by atoms with Crippen molar-refractivity contribution in [1.82, 2.24) is 9.88 Å². The number of hydrogen-bond acceptors (Lipinski definition) is 4. The van der Waals surface area contributed by atoms with E-state index < -0.39 is 0 Å². The zero-order chi connectivity index (χ0) is 15.1. The molecule has 2 aromatic rings. The largest absolute Gasteiger partial charge is 0.492 e. The maximum Gasteiger partial charge on any atom is 0.129 e. The zero-order valence-electron chi connectivity index (χ0n) is 12.0. The molecule has 0 fully saturated rings. The first-order valence-corrected chi connectivity index (χ1v) is 7.16. The Balaban J connectivity index is 1.83. The van der Waals surface area contributed by atoms with Crippen LogP contribution in [0.2, 0.25) is 0 Å². The summed E-state index contributed by atoms with van der Waals surface area (Å²) in [6.45, 7) is 2.26. The minimum absolute atomic E-state index is 0.357. The van der Waals surface area contributed by atoms with Crippen LogP contribution in [-0.2, 0) is 6.54 Å². The first-order chi connectivity index (χ1) is 10.2. The van der Waals surface area contributed by atoms with E-state index in [-0.39, 0.29) is 0 Å². The average Bonchev–Trinajstić information content (AvgIpc) is 2.48. The molecule has 0 spiro atoms. The molecule has 0 amide bonds. The van der Waals surface area contributed by atoms with Gasteiger partial charge < -0.3 is 10.5 Å². The van der Waals surface area contributed by atoms with Crippen LogP contribution in [-0.4, -0.2) is 35.1 Å². The highest BCUT2D eigenvalue weighted by molar-refractivity contribution is 7.80. The van der Waals surface area contributed by atoms with Crippen molar-refractivity contribution in [3.8, 4) is 5.75 Å². The maximum absolute atomic E-state index is 5.79. The Morgan fingerprint density at radius 1 is 1.24 bits per heavy atom. The Labute approximate surface area is 130 Å². The molecule has 0 atom stereocenters. The second kappa shape index (κ2) is 7.71. The van der Waals surface area contributed by atoms with Gasteiger partial charge in [0.15, 0.2) is 0 Å². The Hall–Kier alpha value is -1.98. The molecule has 0 saturated carbocycles. The van der Waals surface area contributed by atoms with Gasteiger partial charge >= 0.3 is 0 Å². The molecule has 0 unspecified atom stereocenters. The van der Waals surface area contributed by atoms with E-state index in [4.69, 9.17) is 22.7 Å². The fraction of sp³-hybridized carbons (Fsp3) is 0.250. The summed E-state index contributed by atoms with van der Waals surface area (Å²) in [5, 5.41) is 0. The number of aromatic nitrogens is 1. The van der Waals surface area contributed by atoms with Crippen LogP contribution in [0.5, 0.6) is 5.75 Å². The molecular weight excluding hydrogens is 282 g/mol. The van der Waals surface area contributed by atoms with Crippen molar-refractivity contribution in [1.29, 1.82) is 0 Å². The summed E-state index contributed by atoms with van der Waals surface area (Å²) in [5.74, 6) is 0.738. The highest BCUT2D eigenvalue weighted by Crippen LogP contribution is 2.17.